The molecule has 0 atom stereocenters. The molecule has 0 saturated heterocycles. The molecule has 1 aromatic heterocycles. The molecule has 0 aliphatic rings. The number of anilines is 1. The van der Waals surface area contributed by atoms with Crippen LogP contribution in [0.25, 0.3) is 0 Å². The maximum absolute atomic E-state index is 10.6. The quantitative estimate of drug-likeness (QED) is 0.661. The highest BCUT2D eigenvalue weighted by atomic mass is 16.6. The van der Waals surface area contributed by atoms with Gasteiger partial charge in [0.2, 0.25) is 0 Å². The molecule has 0 bridgehead atoms. The number of nitro groups is 1. The van der Waals surface area contributed by atoms with Crippen LogP contribution in [0, 0.1) is 17.0 Å². The van der Waals surface area contributed by atoms with Gasteiger partial charge in [0.25, 0.3) is 5.69 Å². The van der Waals surface area contributed by atoms with E-state index in [0.717, 1.165) is 30.0 Å². The number of nitrogens with one attached hydrogen (secondary N) is 1. The summed E-state index contributed by atoms with van der Waals surface area (Å²) in [4.78, 5) is 14.5. The molecule has 2 aromatic rings. The maximum atomic E-state index is 10.6. The van der Waals surface area contributed by atoms with E-state index < -0.39 is 0 Å². The van der Waals surface area contributed by atoms with Gasteiger partial charge in [0, 0.05) is 50.2 Å². The average Bonchev–Trinajstić information content (AvgIpc) is 2.77. The van der Waals surface area contributed by atoms with Crippen LogP contribution in [0.5, 0.6) is 0 Å². The Kier molecular flexibility index (Phi) is 3.79. The summed E-state index contributed by atoms with van der Waals surface area (Å²) in [6.45, 7) is 2.60. The first-order valence-electron chi connectivity index (χ1n) is 6.03. The van der Waals surface area contributed by atoms with Crippen molar-refractivity contribution in [3.8, 4) is 0 Å². The van der Waals surface area contributed by atoms with Gasteiger partial charge in [0.15, 0.2) is 0 Å². The minimum atomic E-state index is -0.384. The van der Waals surface area contributed by atoms with Crippen molar-refractivity contribution in [3.63, 3.8) is 0 Å². The van der Waals surface area contributed by atoms with Crippen LogP contribution in [0.4, 0.5) is 11.4 Å². The largest absolute Gasteiger partial charge is 0.384 e. The van der Waals surface area contributed by atoms with E-state index in [9.17, 15) is 10.1 Å². The summed E-state index contributed by atoms with van der Waals surface area (Å²) < 4.78 is 1.98. The van der Waals surface area contributed by atoms with Gasteiger partial charge in [-0.05, 0) is 18.6 Å². The number of rotatable bonds is 5. The number of hydrogen-bond donors (Lipinski definition) is 1. The van der Waals surface area contributed by atoms with E-state index in [-0.39, 0.29) is 10.6 Å². The van der Waals surface area contributed by atoms with Gasteiger partial charge in [0.1, 0.15) is 5.82 Å². The maximum Gasteiger partial charge on any atom is 0.269 e. The molecule has 1 heterocycles. The molecule has 6 nitrogen and oxygen atoms in total. The molecule has 0 fully saturated rings. The summed E-state index contributed by atoms with van der Waals surface area (Å²) in [6, 6.07) is 4.82. The van der Waals surface area contributed by atoms with Crippen molar-refractivity contribution in [2.24, 2.45) is 7.05 Å². The van der Waals surface area contributed by atoms with Crippen molar-refractivity contribution < 1.29 is 4.92 Å². The lowest BCUT2D eigenvalue weighted by atomic mass is 10.2. The van der Waals surface area contributed by atoms with Crippen molar-refractivity contribution >= 4 is 11.4 Å². The first-order chi connectivity index (χ1) is 9.08. The van der Waals surface area contributed by atoms with Crippen LogP contribution in [-0.2, 0) is 13.5 Å². The lowest BCUT2D eigenvalue weighted by Crippen LogP contribution is -2.09. The van der Waals surface area contributed by atoms with Crippen molar-refractivity contribution in [1.29, 1.82) is 0 Å². The molecule has 2 rings (SSSR count). The first kappa shape index (κ1) is 13.1. The highest BCUT2D eigenvalue weighted by molar-refractivity contribution is 5.55. The first-order valence-corrected chi connectivity index (χ1v) is 6.03. The third-order valence-corrected chi connectivity index (χ3v) is 3.01. The zero-order chi connectivity index (χ0) is 13.8. The smallest absolute Gasteiger partial charge is 0.269 e. The third-order valence-electron chi connectivity index (χ3n) is 3.01. The molecule has 0 radical (unpaired) electrons. The number of aromatic nitrogens is 2. The number of benzene rings is 1. The van der Waals surface area contributed by atoms with Crippen LogP contribution in [0.1, 0.15) is 11.4 Å². The molecule has 0 aliphatic carbocycles. The fourth-order valence-electron chi connectivity index (χ4n) is 1.91. The van der Waals surface area contributed by atoms with Crippen LogP contribution in [0.15, 0.2) is 30.6 Å². The minimum Gasteiger partial charge on any atom is -0.384 e. The van der Waals surface area contributed by atoms with E-state index in [4.69, 9.17) is 0 Å². The van der Waals surface area contributed by atoms with Gasteiger partial charge in [-0.25, -0.2) is 4.98 Å². The summed E-state index contributed by atoms with van der Waals surface area (Å²) in [5, 5.41) is 13.9. The fourth-order valence-corrected chi connectivity index (χ4v) is 1.91. The van der Waals surface area contributed by atoms with E-state index in [1.54, 1.807) is 18.3 Å². The van der Waals surface area contributed by atoms with E-state index in [2.05, 4.69) is 10.3 Å². The van der Waals surface area contributed by atoms with Crippen molar-refractivity contribution in [1.82, 2.24) is 9.55 Å². The Morgan fingerprint density at radius 2 is 2.26 bits per heavy atom. The minimum absolute atomic E-state index is 0.118. The summed E-state index contributed by atoms with van der Waals surface area (Å²) >= 11 is 0. The zero-order valence-corrected chi connectivity index (χ0v) is 11.0. The number of nitro benzene ring substituents is 1. The lowest BCUT2D eigenvalue weighted by Gasteiger charge is -2.09. The SMILES string of the molecule is Cc1cc([N+](=O)[O-])ccc1NCCc1nccn1C. The Bertz CT molecular complexity index is 592. The number of hydrogen-bond acceptors (Lipinski definition) is 4. The van der Waals surface area contributed by atoms with Gasteiger partial charge >= 0.3 is 0 Å². The molecule has 0 aliphatic heterocycles. The van der Waals surface area contributed by atoms with Gasteiger partial charge in [-0.3, -0.25) is 10.1 Å². The lowest BCUT2D eigenvalue weighted by molar-refractivity contribution is -0.384. The van der Waals surface area contributed by atoms with E-state index in [1.807, 2.05) is 24.7 Å². The molecule has 100 valence electrons. The van der Waals surface area contributed by atoms with Gasteiger partial charge < -0.3 is 9.88 Å². The second kappa shape index (κ2) is 5.51. The third kappa shape index (κ3) is 3.09. The molecular weight excluding hydrogens is 244 g/mol. The Morgan fingerprint density at radius 3 is 2.84 bits per heavy atom. The molecular formula is C13H16N4O2. The monoisotopic (exact) mass is 260 g/mol. The molecule has 0 amide bonds. The molecule has 0 saturated carbocycles. The second-order valence-electron chi connectivity index (χ2n) is 4.39. The summed E-state index contributed by atoms with van der Waals surface area (Å²) in [5.74, 6) is 1.01. The van der Waals surface area contributed by atoms with E-state index in [1.165, 1.54) is 6.07 Å². The van der Waals surface area contributed by atoms with Gasteiger partial charge in [-0.2, -0.15) is 0 Å². The summed E-state index contributed by atoms with van der Waals surface area (Å²) in [5.41, 5.74) is 1.90. The van der Waals surface area contributed by atoms with Crippen molar-refractivity contribution in [2.75, 3.05) is 11.9 Å². The number of aryl methyl sites for hydroxylation is 2. The average molecular weight is 260 g/mol. The zero-order valence-electron chi connectivity index (χ0n) is 11.0. The van der Waals surface area contributed by atoms with E-state index in [0.29, 0.717) is 0 Å². The summed E-state index contributed by atoms with van der Waals surface area (Å²) in [7, 11) is 1.96. The van der Waals surface area contributed by atoms with Crippen molar-refractivity contribution in [3.05, 3.63) is 52.1 Å². The molecule has 1 aromatic carbocycles. The number of non-ortho nitro benzene ring substituents is 1. The normalized spacial score (nSPS) is 10.4. The van der Waals surface area contributed by atoms with Crippen LogP contribution in [0.2, 0.25) is 0 Å². The van der Waals surface area contributed by atoms with Gasteiger partial charge in [0.05, 0.1) is 4.92 Å². The Morgan fingerprint density at radius 1 is 1.47 bits per heavy atom. The molecule has 0 unspecified atom stereocenters. The highest BCUT2D eigenvalue weighted by Gasteiger charge is 2.07. The van der Waals surface area contributed by atoms with Crippen LogP contribution in [0.3, 0.4) is 0 Å². The second-order valence-corrected chi connectivity index (χ2v) is 4.39. The predicted octanol–water partition coefficient (Wildman–Crippen LogP) is 2.29. The van der Waals surface area contributed by atoms with Crippen LogP contribution >= 0.6 is 0 Å². The topological polar surface area (TPSA) is 73.0 Å². The van der Waals surface area contributed by atoms with E-state index >= 15 is 0 Å². The number of imidazole rings is 1. The molecule has 19 heavy (non-hydrogen) atoms. The van der Waals surface area contributed by atoms with Gasteiger partial charge in [-0.15, -0.1) is 0 Å². The molecule has 1 N–H and O–H groups in total. The van der Waals surface area contributed by atoms with Gasteiger partial charge in [-0.1, -0.05) is 0 Å². The van der Waals surface area contributed by atoms with Crippen molar-refractivity contribution in [2.45, 2.75) is 13.3 Å². The molecule has 0 spiro atoms. The predicted molar refractivity (Wildman–Crippen MR) is 73.2 cm³/mol. The standard InChI is InChI=1S/C13H16N4O2/c1-10-9-11(17(18)19)3-4-12(10)14-6-5-13-15-7-8-16(13)2/h3-4,7-9,14H,5-6H2,1-2H3. The molecule has 6 heteroatoms. The summed E-state index contributed by atoms with van der Waals surface area (Å²) in [6.07, 6.45) is 4.48. The van der Waals surface area contributed by atoms with Crippen LogP contribution in [-0.4, -0.2) is 21.0 Å². The van der Waals surface area contributed by atoms with Crippen LogP contribution < -0.4 is 5.32 Å². The fraction of sp³-hybridized carbons (Fsp3) is 0.308. The Labute approximate surface area is 111 Å². The highest BCUT2D eigenvalue weighted by Crippen LogP contribution is 2.20. The number of nitrogens with zero attached hydrogens (tertiary/aromatic N) is 3. The Hall–Kier alpha value is -2.37. The Balaban J connectivity index is 1.96.